The van der Waals surface area contributed by atoms with E-state index in [1.54, 1.807) is 11.3 Å². The first-order valence-corrected chi connectivity index (χ1v) is 10.2. The zero-order valence-corrected chi connectivity index (χ0v) is 15.6. The van der Waals surface area contributed by atoms with Crippen LogP contribution in [0.15, 0.2) is 10.8 Å². The summed E-state index contributed by atoms with van der Waals surface area (Å²) in [4.78, 5) is 11.8. The van der Waals surface area contributed by atoms with Crippen LogP contribution in [0, 0.1) is 5.92 Å². The molecule has 0 amide bonds. The van der Waals surface area contributed by atoms with Crippen molar-refractivity contribution in [1.29, 1.82) is 0 Å². The molecule has 0 spiro atoms. The first kappa shape index (κ1) is 19.1. The highest BCUT2D eigenvalue weighted by atomic mass is 32.1. The zero-order chi connectivity index (χ0) is 17.0. The topological polar surface area (TPSA) is 44.8 Å². The van der Waals surface area contributed by atoms with Gasteiger partial charge in [0.15, 0.2) is 11.5 Å². The first-order valence-electron chi connectivity index (χ1n) is 9.27. The molecule has 0 unspecified atom stereocenters. The Kier molecular flexibility index (Phi) is 9.03. The predicted octanol–water partition coefficient (Wildman–Crippen LogP) is 5.21. The molecular formula is C19H30O4S. The summed E-state index contributed by atoms with van der Waals surface area (Å²) in [6.07, 6.45) is 10.4. The second kappa shape index (κ2) is 11.3. The molecule has 0 aromatic carbocycles. The second-order valence-corrected chi connectivity index (χ2v) is 7.24. The van der Waals surface area contributed by atoms with E-state index in [-0.39, 0.29) is 11.9 Å². The van der Waals surface area contributed by atoms with Crippen molar-refractivity contribution in [3.05, 3.63) is 10.8 Å². The van der Waals surface area contributed by atoms with Gasteiger partial charge >= 0.3 is 5.97 Å². The molecule has 4 nitrogen and oxygen atoms in total. The molecule has 1 aromatic rings. The van der Waals surface area contributed by atoms with E-state index in [1.807, 2.05) is 10.8 Å². The highest BCUT2D eigenvalue weighted by Gasteiger charge is 2.20. The molecule has 2 heterocycles. The van der Waals surface area contributed by atoms with E-state index >= 15 is 0 Å². The Hall–Kier alpha value is -1.23. The van der Waals surface area contributed by atoms with Crippen molar-refractivity contribution < 1.29 is 19.0 Å². The Bertz CT molecular complexity index is 449. The number of ether oxygens (including phenoxy) is 3. The van der Waals surface area contributed by atoms with Crippen LogP contribution in [0.25, 0.3) is 0 Å². The van der Waals surface area contributed by atoms with E-state index < -0.39 is 0 Å². The Balaban J connectivity index is 1.47. The van der Waals surface area contributed by atoms with Crippen LogP contribution in [-0.2, 0) is 9.53 Å². The molecule has 5 heteroatoms. The molecule has 0 atom stereocenters. The summed E-state index contributed by atoms with van der Waals surface area (Å²) >= 11 is 1.57. The van der Waals surface area contributed by atoms with E-state index in [4.69, 9.17) is 14.2 Å². The summed E-state index contributed by atoms with van der Waals surface area (Å²) in [7, 11) is 0. The fourth-order valence-corrected chi connectivity index (χ4v) is 3.41. The minimum Gasteiger partial charge on any atom is -0.488 e. The van der Waals surface area contributed by atoms with Gasteiger partial charge in [0, 0.05) is 17.2 Å². The lowest BCUT2D eigenvalue weighted by atomic mass is 10.1. The normalized spacial score (nSPS) is 14.4. The van der Waals surface area contributed by atoms with Crippen LogP contribution in [-0.4, -0.2) is 25.8 Å². The van der Waals surface area contributed by atoms with E-state index in [9.17, 15) is 4.79 Å². The largest absolute Gasteiger partial charge is 0.488 e. The lowest BCUT2D eigenvalue weighted by Gasteiger charge is -2.13. The summed E-state index contributed by atoms with van der Waals surface area (Å²) < 4.78 is 16.7. The summed E-state index contributed by atoms with van der Waals surface area (Å²) in [5.74, 6) is 1.60. The molecule has 1 aliphatic heterocycles. The van der Waals surface area contributed by atoms with E-state index in [1.165, 1.54) is 38.5 Å². The molecule has 0 fully saturated rings. The smallest absolute Gasteiger partial charge is 0.305 e. The maximum atomic E-state index is 11.8. The molecule has 0 saturated heterocycles. The number of esters is 1. The number of fused-ring (bicyclic) bond motifs is 1. The Morgan fingerprint density at radius 2 is 1.62 bits per heavy atom. The summed E-state index contributed by atoms with van der Waals surface area (Å²) in [5, 5.41) is 3.87. The molecule has 0 bridgehead atoms. The Morgan fingerprint density at radius 3 is 2.25 bits per heavy atom. The van der Waals surface area contributed by atoms with E-state index in [0.29, 0.717) is 26.2 Å². The number of rotatable bonds is 11. The van der Waals surface area contributed by atoms with Gasteiger partial charge in [0.25, 0.3) is 0 Å². The van der Waals surface area contributed by atoms with Crippen LogP contribution < -0.4 is 9.47 Å². The quantitative estimate of drug-likeness (QED) is 0.404. The average molecular weight is 355 g/mol. The van der Waals surface area contributed by atoms with Gasteiger partial charge < -0.3 is 14.2 Å². The van der Waals surface area contributed by atoms with Gasteiger partial charge in [-0.3, -0.25) is 4.79 Å². The number of unbranched alkanes of at least 4 members (excludes halogenated alkanes) is 7. The Morgan fingerprint density at radius 1 is 1.04 bits per heavy atom. The van der Waals surface area contributed by atoms with Gasteiger partial charge in [0.2, 0.25) is 0 Å². The van der Waals surface area contributed by atoms with Gasteiger partial charge in [-0.2, -0.15) is 0 Å². The van der Waals surface area contributed by atoms with E-state index in [2.05, 4.69) is 6.92 Å². The monoisotopic (exact) mass is 354 g/mol. The van der Waals surface area contributed by atoms with Gasteiger partial charge in [-0.25, -0.2) is 0 Å². The molecule has 1 aliphatic rings. The van der Waals surface area contributed by atoms with Gasteiger partial charge in [0.05, 0.1) is 19.1 Å². The number of carbonyl (C=O) groups is 1. The van der Waals surface area contributed by atoms with Crippen molar-refractivity contribution in [2.75, 3.05) is 19.8 Å². The molecule has 24 heavy (non-hydrogen) atoms. The maximum absolute atomic E-state index is 11.8. The number of hydrogen-bond acceptors (Lipinski definition) is 5. The number of thiophene rings is 1. The molecule has 136 valence electrons. The Labute approximate surface area is 149 Å². The van der Waals surface area contributed by atoms with Crippen LogP contribution in [0.4, 0.5) is 0 Å². The number of carbonyl (C=O) groups excluding carboxylic acids is 1. The van der Waals surface area contributed by atoms with Gasteiger partial charge in [0.1, 0.15) is 6.61 Å². The summed E-state index contributed by atoms with van der Waals surface area (Å²) in [6, 6.07) is 0. The molecule has 1 aromatic heterocycles. The molecule has 0 aliphatic carbocycles. The number of hydrogen-bond donors (Lipinski definition) is 0. The minimum atomic E-state index is -0.0978. The van der Waals surface area contributed by atoms with Crippen molar-refractivity contribution in [2.45, 2.75) is 64.7 Å². The average Bonchev–Trinajstić information content (AvgIpc) is 2.95. The van der Waals surface area contributed by atoms with Crippen LogP contribution in [0.2, 0.25) is 0 Å². The van der Waals surface area contributed by atoms with Gasteiger partial charge in [-0.05, 0) is 6.42 Å². The van der Waals surface area contributed by atoms with Crippen molar-refractivity contribution >= 4 is 17.3 Å². The van der Waals surface area contributed by atoms with Crippen molar-refractivity contribution in [3.8, 4) is 11.5 Å². The van der Waals surface area contributed by atoms with Crippen LogP contribution >= 0.6 is 11.3 Å². The van der Waals surface area contributed by atoms with E-state index in [0.717, 1.165) is 24.3 Å². The van der Waals surface area contributed by atoms with Crippen LogP contribution in [0.5, 0.6) is 11.5 Å². The van der Waals surface area contributed by atoms with Gasteiger partial charge in [-0.15, -0.1) is 11.3 Å². The summed E-state index contributed by atoms with van der Waals surface area (Å²) in [6.45, 7) is 3.69. The molecular weight excluding hydrogens is 324 g/mol. The van der Waals surface area contributed by atoms with Crippen molar-refractivity contribution in [2.24, 2.45) is 5.92 Å². The lowest BCUT2D eigenvalue weighted by molar-refractivity contribution is -0.145. The standard InChI is InChI=1S/C19H30O4S/c1-2-3-4-5-6-7-8-9-10-19(20)23-13-16-11-21-17-14-24-15-18(17)22-12-16/h14-16H,2-13H2,1H3. The lowest BCUT2D eigenvalue weighted by Crippen LogP contribution is -2.24. The van der Waals surface area contributed by atoms with Crippen molar-refractivity contribution in [3.63, 3.8) is 0 Å². The highest BCUT2D eigenvalue weighted by Crippen LogP contribution is 2.34. The minimum absolute atomic E-state index is 0.0978. The predicted molar refractivity (Wildman–Crippen MR) is 97.0 cm³/mol. The van der Waals surface area contributed by atoms with Crippen LogP contribution in [0.3, 0.4) is 0 Å². The zero-order valence-electron chi connectivity index (χ0n) is 14.8. The van der Waals surface area contributed by atoms with Gasteiger partial charge in [-0.1, -0.05) is 51.9 Å². The molecule has 2 rings (SSSR count). The van der Waals surface area contributed by atoms with Crippen LogP contribution in [0.1, 0.15) is 64.7 Å². The summed E-state index contributed by atoms with van der Waals surface area (Å²) in [5.41, 5.74) is 0. The third kappa shape index (κ3) is 7.12. The third-order valence-electron chi connectivity index (χ3n) is 4.26. The third-order valence-corrected chi connectivity index (χ3v) is 4.96. The fraction of sp³-hybridized carbons (Fsp3) is 0.737. The fourth-order valence-electron chi connectivity index (χ4n) is 2.73. The second-order valence-electron chi connectivity index (χ2n) is 6.50. The molecule has 0 radical (unpaired) electrons. The first-order chi connectivity index (χ1) is 11.8. The highest BCUT2D eigenvalue weighted by molar-refractivity contribution is 7.08. The molecule has 0 N–H and O–H groups in total. The maximum Gasteiger partial charge on any atom is 0.305 e. The SMILES string of the molecule is CCCCCCCCCCC(=O)OCC1COc2cscc2OC1. The van der Waals surface area contributed by atoms with Crippen molar-refractivity contribution in [1.82, 2.24) is 0 Å². The molecule has 0 saturated carbocycles.